The quantitative estimate of drug-likeness (QED) is 0.804. The van der Waals surface area contributed by atoms with Crippen LogP contribution in [-0.2, 0) is 9.53 Å². The molecule has 0 spiro atoms. The first-order valence-electron chi connectivity index (χ1n) is 7.22. The summed E-state index contributed by atoms with van der Waals surface area (Å²) >= 11 is 0. The lowest BCUT2D eigenvalue weighted by atomic mass is 9.82. The van der Waals surface area contributed by atoms with Crippen molar-refractivity contribution in [3.05, 3.63) is 0 Å². The van der Waals surface area contributed by atoms with Crippen molar-refractivity contribution in [3.63, 3.8) is 0 Å². The van der Waals surface area contributed by atoms with Crippen LogP contribution in [0.15, 0.2) is 0 Å². The van der Waals surface area contributed by atoms with E-state index in [1.54, 1.807) is 0 Å². The maximum Gasteiger partial charge on any atom is 0.223 e. The van der Waals surface area contributed by atoms with Gasteiger partial charge in [0.05, 0.1) is 24.2 Å². The van der Waals surface area contributed by atoms with Crippen LogP contribution in [0.1, 0.15) is 58.3 Å². The third-order valence-electron chi connectivity index (χ3n) is 4.19. The minimum atomic E-state index is -0.765. The average molecular weight is 255 g/mol. The van der Waals surface area contributed by atoms with Gasteiger partial charge in [0.2, 0.25) is 5.91 Å². The largest absolute Gasteiger partial charge is 0.389 e. The Morgan fingerprint density at radius 3 is 2.72 bits per heavy atom. The molecule has 1 saturated heterocycles. The average Bonchev–Trinajstić information content (AvgIpc) is 2.82. The zero-order valence-corrected chi connectivity index (χ0v) is 11.3. The maximum absolute atomic E-state index is 12.0. The molecule has 2 atom stereocenters. The van der Waals surface area contributed by atoms with Crippen LogP contribution in [0.2, 0.25) is 0 Å². The van der Waals surface area contributed by atoms with E-state index >= 15 is 0 Å². The van der Waals surface area contributed by atoms with Gasteiger partial charge >= 0.3 is 0 Å². The highest BCUT2D eigenvalue weighted by Gasteiger charge is 2.33. The Morgan fingerprint density at radius 1 is 1.39 bits per heavy atom. The van der Waals surface area contributed by atoms with Crippen molar-refractivity contribution >= 4 is 5.91 Å². The lowest BCUT2D eigenvalue weighted by molar-refractivity contribution is -0.128. The Hall–Kier alpha value is -0.610. The van der Waals surface area contributed by atoms with Gasteiger partial charge in [-0.25, -0.2) is 0 Å². The van der Waals surface area contributed by atoms with Gasteiger partial charge in [-0.3, -0.25) is 4.79 Å². The van der Waals surface area contributed by atoms with E-state index in [4.69, 9.17) is 4.74 Å². The molecule has 0 radical (unpaired) electrons. The summed E-state index contributed by atoms with van der Waals surface area (Å²) in [5.74, 6) is -0.0394. The second kappa shape index (κ2) is 6.02. The number of ether oxygens (including phenoxy) is 1. The maximum atomic E-state index is 12.0. The second-order valence-corrected chi connectivity index (χ2v) is 5.87. The fourth-order valence-corrected chi connectivity index (χ4v) is 3.08. The molecule has 0 bridgehead atoms. The molecule has 4 nitrogen and oxygen atoms in total. The molecule has 0 aromatic heterocycles. The van der Waals surface area contributed by atoms with Gasteiger partial charge in [-0.05, 0) is 32.6 Å². The SMILES string of the molecule is CC(NC(=O)CC1(O)CCCCC1)C1CCCO1. The number of hydrogen-bond acceptors (Lipinski definition) is 3. The molecule has 4 heteroatoms. The Balaban J connectivity index is 1.76. The molecule has 1 aliphatic carbocycles. The number of carbonyl (C=O) groups excluding carboxylic acids is 1. The van der Waals surface area contributed by atoms with Crippen LogP contribution in [0.4, 0.5) is 0 Å². The van der Waals surface area contributed by atoms with Gasteiger partial charge in [0.15, 0.2) is 0 Å². The van der Waals surface area contributed by atoms with Gasteiger partial charge in [-0.1, -0.05) is 19.3 Å². The van der Waals surface area contributed by atoms with Gasteiger partial charge < -0.3 is 15.2 Å². The van der Waals surface area contributed by atoms with Crippen molar-refractivity contribution in [3.8, 4) is 0 Å². The predicted molar refractivity (Wildman–Crippen MR) is 69.2 cm³/mol. The van der Waals surface area contributed by atoms with Crippen LogP contribution in [0.5, 0.6) is 0 Å². The van der Waals surface area contributed by atoms with Crippen LogP contribution >= 0.6 is 0 Å². The molecule has 2 unspecified atom stereocenters. The van der Waals surface area contributed by atoms with E-state index in [1.165, 1.54) is 6.42 Å². The first-order valence-corrected chi connectivity index (χ1v) is 7.22. The van der Waals surface area contributed by atoms with Crippen LogP contribution in [0.25, 0.3) is 0 Å². The van der Waals surface area contributed by atoms with E-state index in [-0.39, 0.29) is 24.5 Å². The summed E-state index contributed by atoms with van der Waals surface area (Å²) in [6, 6.07) is 0.0483. The number of hydrogen-bond donors (Lipinski definition) is 2. The van der Waals surface area contributed by atoms with E-state index in [9.17, 15) is 9.90 Å². The van der Waals surface area contributed by atoms with Crippen LogP contribution < -0.4 is 5.32 Å². The number of carbonyl (C=O) groups is 1. The fraction of sp³-hybridized carbons (Fsp3) is 0.929. The van der Waals surface area contributed by atoms with E-state index in [0.717, 1.165) is 45.1 Å². The van der Waals surface area contributed by atoms with Crippen molar-refractivity contribution < 1.29 is 14.6 Å². The normalized spacial score (nSPS) is 28.9. The molecule has 1 saturated carbocycles. The first kappa shape index (κ1) is 13.8. The van der Waals surface area contributed by atoms with Gasteiger partial charge in [-0.2, -0.15) is 0 Å². The van der Waals surface area contributed by atoms with Gasteiger partial charge in [0, 0.05) is 6.61 Å². The third kappa shape index (κ3) is 3.69. The Labute approximate surface area is 109 Å². The van der Waals surface area contributed by atoms with Crippen molar-refractivity contribution in [2.75, 3.05) is 6.61 Å². The second-order valence-electron chi connectivity index (χ2n) is 5.87. The van der Waals surface area contributed by atoms with Gasteiger partial charge in [0.25, 0.3) is 0 Å². The number of nitrogens with one attached hydrogen (secondary N) is 1. The minimum Gasteiger partial charge on any atom is -0.389 e. The van der Waals surface area contributed by atoms with Crippen LogP contribution in [-0.4, -0.2) is 35.4 Å². The zero-order valence-electron chi connectivity index (χ0n) is 11.3. The summed E-state index contributed by atoms with van der Waals surface area (Å²) in [5, 5.41) is 13.3. The molecule has 1 heterocycles. The molecular formula is C14H25NO3. The lowest BCUT2D eigenvalue weighted by Crippen LogP contribution is -2.45. The molecule has 2 aliphatic rings. The Morgan fingerprint density at radius 2 is 2.11 bits per heavy atom. The monoisotopic (exact) mass is 255 g/mol. The molecule has 2 N–H and O–H groups in total. The highest BCUT2D eigenvalue weighted by Crippen LogP contribution is 2.30. The molecule has 2 fully saturated rings. The van der Waals surface area contributed by atoms with E-state index in [0.29, 0.717) is 0 Å². The van der Waals surface area contributed by atoms with Crippen molar-refractivity contribution in [1.29, 1.82) is 0 Å². The van der Waals surface area contributed by atoms with Gasteiger partial charge in [-0.15, -0.1) is 0 Å². The summed E-state index contributed by atoms with van der Waals surface area (Å²) in [4.78, 5) is 12.0. The number of rotatable bonds is 4. The third-order valence-corrected chi connectivity index (χ3v) is 4.19. The standard InChI is InChI=1S/C14H25NO3/c1-11(12-6-5-9-18-12)15-13(16)10-14(17)7-3-2-4-8-14/h11-12,17H,2-10H2,1H3,(H,15,16). The van der Waals surface area contributed by atoms with Crippen molar-refractivity contribution in [2.45, 2.75) is 76.0 Å². The molecule has 0 aromatic carbocycles. The molecule has 1 amide bonds. The fourth-order valence-electron chi connectivity index (χ4n) is 3.08. The van der Waals surface area contributed by atoms with E-state index in [1.807, 2.05) is 6.92 Å². The summed E-state index contributed by atoms with van der Waals surface area (Å²) < 4.78 is 5.55. The highest BCUT2D eigenvalue weighted by atomic mass is 16.5. The summed E-state index contributed by atoms with van der Waals surface area (Å²) in [6.45, 7) is 2.79. The first-order chi connectivity index (χ1) is 8.59. The Bertz CT molecular complexity index is 281. The highest BCUT2D eigenvalue weighted by molar-refractivity contribution is 5.77. The van der Waals surface area contributed by atoms with Crippen LogP contribution in [0, 0.1) is 0 Å². The lowest BCUT2D eigenvalue weighted by Gasteiger charge is -2.32. The van der Waals surface area contributed by atoms with Crippen molar-refractivity contribution in [1.82, 2.24) is 5.32 Å². The van der Waals surface area contributed by atoms with Crippen LogP contribution in [0.3, 0.4) is 0 Å². The summed E-state index contributed by atoms with van der Waals surface area (Å²) in [6.07, 6.45) is 7.25. The minimum absolute atomic E-state index is 0.0394. The topological polar surface area (TPSA) is 58.6 Å². The molecular weight excluding hydrogens is 230 g/mol. The summed E-state index contributed by atoms with van der Waals surface area (Å²) in [7, 11) is 0. The zero-order chi connectivity index (χ0) is 13.0. The number of aliphatic hydroxyl groups is 1. The number of amides is 1. The molecule has 18 heavy (non-hydrogen) atoms. The summed E-state index contributed by atoms with van der Waals surface area (Å²) in [5.41, 5.74) is -0.765. The molecule has 2 rings (SSSR count). The van der Waals surface area contributed by atoms with Crippen molar-refractivity contribution in [2.24, 2.45) is 0 Å². The molecule has 1 aliphatic heterocycles. The van der Waals surface area contributed by atoms with Gasteiger partial charge in [0.1, 0.15) is 0 Å². The Kier molecular flexibility index (Phi) is 4.62. The smallest absolute Gasteiger partial charge is 0.223 e. The van der Waals surface area contributed by atoms with E-state index < -0.39 is 5.60 Å². The molecule has 0 aromatic rings. The molecule has 104 valence electrons. The van der Waals surface area contributed by atoms with E-state index in [2.05, 4.69) is 5.32 Å². The predicted octanol–water partition coefficient (Wildman–Crippen LogP) is 1.76.